The first-order valence-corrected chi connectivity index (χ1v) is 13.4. The third kappa shape index (κ3) is 5.21. The maximum atomic E-state index is 13.3. The van der Waals surface area contributed by atoms with Gasteiger partial charge in [-0.25, -0.2) is 19.4 Å². The van der Waals surface area contributed by atoms with Crippen molar-refractivity contribution in [2.45, 2.75) is 25.2 Å². The number of pyridine rings is 1. The van der Waals surface area contributed by atoms with Crippen LogP contribution in [0.4, 0.5) is 16.3 Å². The van der Waals surface area contributed by atoms with Gasteiger partial charge in [0.05, 0.1) is 21.4 Å². The Bertz CT molecular complexity index is 1810. The highest BCUT2D eigenvalue weighted by Crippen LogP contribution is 2.43. The maximum Gasteiger partial charge on any atom is 0.324 e. The number of H-pyrrole nitrogens is 1. The average molecular weight is 597 g/mol. The van der Waals surface area contributed by atoms with E-state index in [1.165, 1.54) is 10.7 Å². The number of rotatable bonds is 6. The predicted molar refractivity (Wildman–Crippen MR) is 154 cm³/mol. The van der Waals surface area contributed by atoms with Crippen LogP contribution < -0.4 is 16.2 Å². The first-order chi connectivity index (χ1) is 19.3. The minimum Gasteiger partial charge on any atom is -0.506 e. The Morgan fingerprint density at radius 3 is 2.52 bits per heavy atom. The summed E-state index contributed by atoms with van der Waals surface area (Å²) in [4.78, 5) is 37.1. The van der Waals surface area contributed by atoms with E-state index in [1.54, 1.807) is 48.7 Å². The number of carbonyl (C=O) groups excluding carboxylic acids is 1. The smallest absolute Gasteiger partial charge is 0.324 e. The third-order valence-electron chi connectivity index (χ3n) is 6.36. The summed E-state index contributed by atoms with van der Waals surface area (Å²) in [5, 5.41) is 21.7. The van der Waals surface area contributed by atoms with Crippen LogP contribution in [0.3, 0.4) is 0 Å². The second kappa shape index (κ2) is 10.5. The van der Waals surface area contributed by atoms with E-state index >= 15 is 0 Å². The molecule has 0 atom stereocenters. The molecular weight excluding hydrogens is 577 g/mol. The van der Waals surface area contributed by atoms with Crippen molar-refractivity contribution in [1.29, 1.82) is 0 Å². The molecule has 202 valence electrons. The lowest BCUT2D eigenvalue weighted by Gasteiger charge is -2.11. The third-order valence-corrected chi connectivity index (χ3v) is 7.15. The number of halogens is 3. The zero-order valence-electron chi connectivity index (χ0n) is 20.6. The van der Waals surface area contributed by atoms with Gasteiger partial charge in [-0.15, -0.1) is 0 Å². The molecule has 2 amide bonds. The first-order valence-electron chi connectivity index (χ1n) is 12.2. The highest BCUT2D eigenvalue weighted by Gasteiger charge is 2.32. The summed E-state index contributed by atoms with van der Waals surface area (Å²) in [5.74, 6) is 0.717. The van der Waals surface area contributed by atoms with Crippen LogP contribution in [0.5, 0.6) is 5.75 Å². The lowest BCUT2D eigenvalue weighted by atomic mass is 10.1. The van der Waals surface area contributed by atoms with Crippen LogP contribution in [0.25, 0.3) is 16.7 Å². The Morgan fingerprint density at radius 1 is 1.07 bits per heavy atom. The fourth-order valence-corrected chi connectivity index (χ4v) is 5.39. The number of amides is 2. The number of anilines is 2. The highest BCUT2D eigenvalue weighted by atomic mass is 35.5. The van der Waals surface area contributed by atoms with E-state index < -0.39 is 6.03 Å². The second-order valence-electron chi connectivity index (χ2n) is 9.32. The molecule has 0 spiro atoms. The number of aromatic nitrogens is 5. The average Bonchev–Trinajstić information content (AvgIpc) is 3.67. The number of nitrogens with one attached hydrogen (secondary N) is 3. The van der Waals surface area contributed by atoms with Gasteiger partial charge >= 0.3 is 6.03 Å². The van der Waals surface area contributed by atoms with E-state index in [9.17, 15) is 14.7 Å². The van der Waals surface area contributed by atoms with Gasteiger partial charge in [0.15, 0.2) is 5.65 Å². The molecule has 0 aliphatic heterocycles. The number of nitrogens with zero attached hydrogens (tertiary/aromatic N) is 4. The number of urea groups is 1. The van der Waals surface area contributed by atoms with Gasteiger partial charge in [0.1, 0.15) is 28.5 Å². The van der Waals surface area contributed by atoms with Crippen molar-refractivity contribution in [1.82, 2.24) is 24.7 Å². The van der Waals surface area contributed by atoms with Crippen LogP contribution >= 0.6 is 34.8 Å². The van der Waals surface area contributed by atoms with Crippen LogP contribution in [0.15, 0.2) is 59.5 Å². The van der Waals surface area contributed by atoms with Crippen LogP contribution in [0.1, 0.15) is 35.8 Å². The number of aromatic hydroxyl groups is 1. The summed E-state index contributed by atoms with van der Waals surface area (Å²) in [6, 6.07) is 12.4. The molecule has 13 heteroatoms. The molecule has 10 nitrogen and oxygen atoms in total. The minimum absolute atomic E-state index is 0.155. The van der Waals surface area contributed by atoms with Gasteiger partial charge in [0, 0.05) is 23.6 Å². The molecule has 1 saturated carbocycles. The fraction of sp³-hybridized carbons (Fsp3) is 0.148. The van der Waals surface area contributed by atoms with E-state index in [1.807, 2.05) is 0 Å². The largest absolute Gasteiger partial charge is 0.506 e. The molecular formula is C27H20Cl3N7O3. The molecule has 1 aliphatic rings. The number of carbonyl (C=O) groups is 1. The topological polar surface area (TPSA) is 138 Å². The van der Waals surface area contributed by atoms with Gasteiger partial charge in [-0.05, 0) is 54.8 Å². The van der Waals surface area contributed by atoms with Gasteiger partial charge in [-0.1, -0.05) is 46.9 Å². The molecule has 3 aromatic heterocycles. The van der Waals surface area contributed by atoms with Crippen molar-refractivity contribution >= 4 is 63.4 Å². The molecule has 0 saturated heterocycles. The Hall–Kier alpha value is -4.12. The number of hydrogen-bond donors (Lipinski definition) is 4. The Morgan fingerprint density at radius 2 is 1.85 bits per heavy atom. The second-order valence-corrected chi connectivity index (χ2v) is 10.6. The van der Waals surface area contributed by atoms with Gasteiger partial charge in [-0.3, -0.25) is 10.1 Å². The van der Waals surface area contributed by atoms with Crippen molar-refractivity contribution in [3.8, 4) is 11.4 Å². The van der Waals surface area contributed by atoms with Crippen LogP contribution in [-0.2, 0) is 6.42 Å². The van der Waals surface area contributed by atoms with E-state index in [2.05, 4.69) is 20.6 Å². The molecule has 40 heavy (non-hydrogen) atoms. The quantitative estimate of drug-likeness (QED) is 0.170. The number of phenols is 1. The lowest BCUT2D eigenvalue weighted by Crippen LogP contribution is -2.20. The van der Waals surface area contributed by atoms with Gasteiger partial charge in [0.25, 0.3) is 5.56 Å². The Labute approximate surface area is 241 Å². The van der Waals surface area contributed by atoms with Crippen molar-refractivity contribution < 1.29 is 9.90 Å². The van der Waals surface area contributed by atoms with E-state index in [0.717, 1.165) is 12.8 Å². The standard InChI is InChI=1S/C27H20Cl3N7O3/c28-15-11-16(29)24(17(30)12-15)37-25-22(23(36-37)14-5-6-14)26(39)34-21(33-25)10-13-4-7-18(19(38)9-13)32-27(40)35-20-3-1-2-8-31-20/h1-4,7-9,11-12,14,38H,5-6,10H2,(H,33,34,39)(H2,31,32,35,40). The zero-order valence-corrected chi connectivity index (χ0v) is 22.8. The number of hydrogen-bond acceptors (Lipinski definition) is 6. The van der Waals surface area contributed by atoms with E-state index in [-0.39, 0.29) is 39.4 Å². The van der Waals surface area contributed by atoms with Gasteiger partial charge in [-0.2, -0.15) is 5.10 Å². The molecule has 3 heterocycles. The zero-order chi connectivity index (χ0) is 28.0. The monoisotopic (exact) mass is 595 g/mol. The highest BCUT2D eigenvalue weighted by molar-refractivity contribution is 6.40. The van der Waals surface area contributed by atoms with Crippen molar-refractivity contribution in [3.63, 3.8) is 0 Å². The molecule has 6 rings (SSSR count). The summed E-state index contributed by atoms with van der Waals surface area (Å²) in [6.07, 6.45) is 3.59. The SMILES string of the molecule is O=C(Nc1ccccn1)Nc1ccc(Cc2nc3c(c(C4CC4)nn3-c3c(Cl)cc(Cl)cc3Cl)c(=O)[nH]2)cc1O. The molecule has 1 fully saturated rings. The molecule has 2 aromatic carbocycles. The van der Waals surface area contributed by atoms with Crippen molar-refractivity contribution in [2.24, 2.45) is 0 Å². The Kier molecular flexibility index (Phi) is 6.83. The van der Waals surface area contributed by atoms with E-state index in [4.69, 9.17) is 44.9 Å². The minimum atomic E-state index is -0.558. The summed E-state index contributed by atoms with van der Waals surface area (Å²) < 4.78 is 1.49. The maximum absolute atomic E-state index is 13.3. The van der Waals surface area contributed by atoms with Crippen LogP contribution in [-0.4, -0.2) is 35.9 Å². The van der Waals surface area contributed by atoms with Crippen molar-refractivity contribution in [2.75, 3.05) is 10.6 Å². The molecule has 0 radical (unpaired) electrons. The Balaban J connectivity index is 1.31. The number of benzene rings is 2. The van der Waals surface area contributed by atoms with Crippen molar-refractivity contribution in [3.05, 3.63) is 97.2 Å². The number of phenolic OH excluding ortho intramolecular Hbond substituents is 1. The molecule has 1 aliphatic carbocycles. The summed E-state index contributed by atoms with van der Waals surface area (Å²) in [7, 11) is 0. The number of aromatic amines is 1. The molecule has 4 N–H and O–H groups in total. The fourth-order valence-electron chi connectivity index (χ4n) is 4.41. The number of fused-ring (bicyclic) bond motifs is 1. The van der Waals surface area contributed by atoms with Crippen LogP contribution in [0, 0.1) is 0 Å². The van der Waals surface area contributed by atoms with Gasteiger partial charge in [0.2, 0.25) is 0 Å². The first kappa shape index (κ1) is 26.1. The molecule has 0 unspecified atom stereocenters. The summed E-state index contributed by atoms with van der Waals surface area (Å²) in [6.45, 7) is 0. The van der Waals surface area contributed by atoms with E-state index in [0.29, 0.717) is 44.6 Å². The summed E-state index contributed by atoms with van der Waals surface area (Å²) >= 11 is 19.1. The lowest BCUT2D eigenvalue weighted by molar-refractivity contribution is 0.262. The van der Waals surface area contributed by atoms with Crippen LogP contribution in [0.2, 0.25) is 15.1 Å². The normalized spacial score (nSPS) is 13.0. The molecule has 5 aromatic rings. The predicted octanol–water partition coefficient (Wildman–Crippen LogP) is 6.28. The van der Waals surface area contributed by atoms with Gasteiger partial charge < -0.3 is 15.4 Å². The summed E-state index contributed by atoms with van der Waals surface area (Å²) in [5.41, 5.74) is 1.86. The molecule has 0 bridgehead atoms.